The first kappa shape index (κ1) is 24.5. The number of pyridine rings is 2. The van der Waals surface area contributed by atoms with Crippen LogP contribution in [0.3, 0.4) is 0 Å². The van der Waals surface area contributed by atoms with Crippen molar-refractivity contribution >= 4 is 17.5 Å². The molecule has 10 heteroatoms. The molecular formula is C27H29FN6O3. The van der Waals surface area contributed by atoms with Crippen LogP contribution in [0.1, 0.15) is 47.3 Å². The number of anilines is 1. The predicted molar refractivity (Wildman–Crippen MR) is 137 cm³/mol. The number of hydrogen-bond donors (Lipinski definition) is 2. The van der Waals surface area contributed by atoms with Crippen LogP contribution >= 0.6 is 0 Å². The summed E-state index contributed by atoms with van der Waals surface area (Å²) in [5.74, 6) is 0.670. The van der Waals surface area contributed by atoms with Crippen LogP contribution in [0.4, 0.5) is 10.3 Å². The van der Waals surface area contributed by atoms with E-state index in [4.69, 9.17) is 15.2 Å². The van der Waals surface area contributed by atoms with Crippen LogP contribution in [0.2, 0.25) is 0 Å². The number of nitrogen functional groups attached to an aromatic ring is 1. The highest BCUT2D eigenvalue weighted by atomic mass is 19.1. The van der Waals surface area contributed by atoms with Gasteiger partial charge < -0.3 is 20.5 Å². The molecule has 1 fully saturated rings. The van der Waals surface area contributed by atoms with E-state index >= 15 is 0 Å². The summed E-state index contributed by atoms with van der Waals surface area (Å²) in [5.41, 5.74) is 9.33. The van der Waals surface area contributed by atoms with E-state index in [9.17, 15) is 9.18 Å². The van der Waals surface area contributed by atoms with E-state index in [-0.39, 0.29) is 29.8 Å². The molecule has 0 unspecified atom stereocenters. The molecule has 37 heavy (non-hydrogen) atoms. The zero-order valence-electron chi connectivity index (χ0n) is 20.8. The Morgan fingerprint density at radius 2 is 2.00 bits per heavy atom. The average molecular weight is 505 g/mol. The lowest BCUT2D eigenvalue weighted by Gasteiger charge is -2.16. The molecule has 1 aromatic carbocycles. The maximum Gasteiger partial charge on any atom is 0.257 e. The number of carbonyl (C=O) groups excluding carboxylic acids is 1. The van der Waals surface area contributed by atoms with Crippen molar-refractivity contribution in [3.8, 4) is 22.8 Å². The Hall–Kier alpha value is -4.21. The summed E-state index contributed by atoms with van der Waals surface area (Å²) in [6.45, 7) is 2.52. The van der Waals surface area contributed by atoms with Gasteiger partial charge in [0, 0.05) is 29.6 Å². The van der Waals surface area contributed by atoms with Gasteiger partial charge in [-0.1, -0.05) is 12.8 Å². The van der Waals surface area contributed by atoms with E-state index in [0.29, 0.717) is 35.2 Å². The number of aryl methyl sites for hydroxylation is 1. The van der Waals surface area contributed by atoms with Crippen molar-refractivity contribution in [1.82, 2.24) is 24.9 Å². The Balaban J connectivity index is 1.38. The maximum absolute atomic E-state index is 14.0. The molecule has 0 spiro atoms. The van der Waals surface area contributed by atoms with Crippen molar-refractivity contribution in [2.75, 3.05) is 19.5 Å². The van der Waals surface area contributed by atoms with Gasteiger partial charge in [0.15, 0.2) is 5.65 Å². The fourth-order valence-electron chi connectivity index (χ4n) is 4.74. The average Bonchev–Trinajstić information content (AvgIpc) is 3.54. The molecule has 5 rings (SSSR count). The van der Waals surface area contributed by atoms with Crippen molar-refractivity contribution in [2.24, 2.45) is 5.92 Å². The van der Waals surface area contributed by atoms with E-state index in [0.717, 1.165) is 24.0 Å². The number of rotatable bonds is 8. The number of fused-ring (bicyclic) bond motifs is 1. The molecule has 0 saturated heterocycles. The molecule has 3 heterocycles. The SMILES string of the molecule is COc1nc(C)c(-c2ccn3nc(N)nc3c2)cc1C(=O)NCc1cc(F)ccc1OCC1CCCC1. The third-order valence-electron chi connectivity index (χ3n) is 6.69. The Labute approximate surface area is 213 Å². The van der Waals surface area contributed by atoms with E-state index in [2.05, 4.69) is 20.4 Å². The van der Waals surface area contributed by atoms with Gasteiger partial charge in [-0.05, 0) is 67.6 Å². The highest BCUT2D eigenvalue weighted by molar-refractivity contribution is 5.97. The molecule has 1 amide bonds. The normalized spacial score (nSPS) is 13.7. The summed E-state index contributed by atoms with van der Waals surface area (Å²) in [7, 11) is 1.46. The number of benzene rings is 1. The summed E-state index contributed by atoms with van der Waals surface area (Å²) in [6, 6.07) is 9.77. The summed E-state index contributed by atoms with van der Waals surface area (Å²) >= 11 is 0. The quantitative estimate of drug-likeness (QED) is 0.367. The maximum atomic E-state index is 14.0. The Bertz CT molecular complexity index is 1450. The number of amides is 1. The van der Waals surface area contributed by atoms with Crippen LogP contribution in [-0.2, 0) is 6.54 Å². The first-order chi connectivity index (χ1) is 17.9. The monoisotopic (exact) mass is 504 g/mol. The van der Waals surface area contributed by atoms with Gasteiger partial charge in [0.05, 0.1) is 13.7 Å². The molecular weight excluding hydrogens is 475 g/mol. The van der Waals surface area contributed by atoms with Crippen LogP contribution in [0.25, 0.3) is 16.8 Å². The van der Waals surface area contributed by atoms with Crippen LogP contribution in [0.15, 0.2) is 42.6 Å². The van der Waals surface area contributed by atoms with Crippen molar-refractivity contribution < 1.29 is 18.7 Å². The Morgan fingerprint density at radius 1 is 1.19 bits per heavy atom. The fourth-order valence-corrected chi connectivity index (χ4v) is 4.74. The highest BCUT2D eigenvalue weighted by Gasteiger charge is 2.20. The third-order valence-corrected chi connectivity index (χ3v) is 6.69. The standard InChI is InChI=1S/C27H29FN6O3/c1-16-21(18-9-10-34-24(12-18)32-27(29)33-34)13-22(26(31-16)36-2)25(35)30-14-19-11-20(28)7-8-23(19)37-15-17-5-3-4-6-17/h7-13,17H,3-6,14-15H2,1-2H3,(H2,29,33)(H,30,35). The lowest BCUT2D eigenvalue weighted by molar-refractivity contribution is 0.0946. The molecule has 0 radical (unpaired) electrons. The van der Waals surface area contributed by atoms with Gasteiger partial charge in [-0.3, -0.25) is 4.79 Å². The smallest absolute Gasteiger partial charge is 0.257 e. The number of nitrogens with one attached hydrogen (secondary N) is 1. The zero-order chi connectivity index (χ0) is 25.9. The van der Waals surface area contributed by atoms with Crippen molar-refractivity contribution in [1.29, 1.82) is 0 Å². The van der Waals surface area contributed by atoms with Gasteiger partial charge in [-0.2, -0.15) is 4.98 Å². The van der Waals surface area contributed by atoms with Gasteiger partial charge >= 0.3 is 0 Å². The highest BCUT2D eigenvalue weighted by Crippen LogP contribution is 2.30. The van der Waals surface area contributed by atoms with Crippen LogP contribution in [0, 0.1) is 18.7 Å². The van der Waals surface area contributed by atoms with E-state index < -0.39 is 5.91 Å². The third kappa shape index (κ3) is 5.32. The predicted octanol–water partition coefficient (Wildman–Crippen LogP) is 4.33. The second-order valence-electron chi connectivity index (χ2n) is 9.26. The molecule has 3 N–H and O–H groups in total. The number of ether oxygens (including phenoxy) is 2. The molecule has 1 aliphatic rings. The number of aromatic nitrogens is 4. The number of methoxy groups -OCH3 is 1. The first-order valence-electron chi connectivity index (χ1n) is 12.3. The Kier molecular flexibility index (Phi) is 6.89. The molecule has 0 atom stereocenters. The largest absolute Gasteiger partial charge is 0.493 e. The molecule has 1 saturated carbocycles. The second kappa shape index (κ2) is 10.4. The topological polar surface area (TPSA) is 117 Å². The summed E-state index contributed by atoms with van der Waals surface area (Å²) in [4.78, 5) is 22.0. The molecule has 0 bridgehead atoms. The molecule has 9 nitrogen and oxygen atoms in total. The van der Waals surface area contributed by atoms with Gasteiger partial charge in [0.25, 0.3) is 5.91 Å². The molecule has 0 aliphatic heterocycles. The lowest BCUT2D eigenvalue weighted by Crippen LogP contribution is -2.24. The minimum Gasteiger partial charge on any atom is -0.493 e. The lowest BCUT2D eigenvalue weighted by atomic mass is 10.0. The fraction of sp³-hybridized carbons (Fsp3) is 0.333. The van der Waals surface area contributed by atoms with E-state index in [1.54, 1.807) is 22.8 Å². The summed E-state index contributed by atoms with van der Waals surface area (Å²) in [5, 5.41) is 6.96. The van der Waals surface area contributed by atoms with Crippen LogP contribution in [-0.4, -0.2) is 39.2 Å². The van der Waals surface area contributed by atoms with Crippen molar-refractivity contribution in [3.63, 3.8) is 0 Å². The van der Waals surface area contributed by atoms with Gasteiger partial charge in [0.2, 0.25) is 11.8 Å². The van der Waals surface area contributed by atoms with E-state index in [1.165, 1.54) is 32.1 Å². The number of nitrogens with zero attached hydrogens (tertiary/aromatic N) is 4. The molecule has 3 aromatic heterocycles. The Morgan fingerprint density at radius 3 is 2.78 bits per heavy atom. The first-order valence-corrected chi connectivity index (χ1v) is 12.3. The summed E-state index contributed by atoms with van der Waals surface area (Å²) < 4.78 is 27.0. The molecule has 4 aromatic rings. The van der Waals surface area contributed by atoms with Crippen molar-refractivity contribution in [3.05, 3.63) is 65.2 Å². The van der Waals surface area contributed by atoms with Gasteiger partial charge in [-0.25, -0.2) is 13.9 Å². The van der Waals surface area contributed by atoms with Gasteiger partial charge in [0.1, 0.15) is 17.1 Å². The van der Waals surface area contributed by atoms with Crippen LogP contribution < -0.4 is 20.5 Å². The number of nitrogens with two attached hydrogens (primary N) is 1. The zero-order valence-corrected chi connectivity index (χ0v) is 20.8. The molecule has 1 aliphatic carbocycles. The number of halogens is 1. The minimum atomic E-state index is -0.399. The second-order valence-corrected chi connectivity index (χ2v) is 9.26. The minimum absolute atomic E-state index is 0.0912. The van der Waals surface area contributed by atoms with Crippen LogP contribution in [0.5, 0.6) is 11.6 Å². The van der Waals surface area contributed by atoms with Crippen molar-refractivity contribution in [2.45, 2.75) is 39.2 Å². The number of hydrogen-bond acceptors (Lipinski definition) is 7. The molecule has 192 valence electrons. The van der Waals surface area contributed by atoms with Gasteiger partial charge in [-0.15, -0.1) is 5.10 Å². The summed E-state index contributed by atoms with van der Waals surface area (Å²) in [6.07, 6.45) is 6.47. The number of carbonyl (C=O) groups is 1. The van der Waals surface area contributed by atoms with E-state index in [1.807, 2.05) is 19.1 Å².